The third kappa shape index (κ3) is 4.69. The first-order chi connectivity index (χ1) is 13.3. The van der Waals surface area contributed by atoms with Gasteiger partial charge in [0.05, 0.1) is 0 Å². The van der Waals surface area contributed by atoms with Gasteiger partial charge in [0.25, 0.3) is 0 Å². The van der Waals surface area contributed by atoms with Gasteiger partial charge in [-0.1, -0.05) is 0 Å². The molecular formula is C15H8Br2F6N4O2. The number of anilines is 2. The van der Waals surface area contributed by atoms with Gasteiger partial charge in [-0.2, -0.15) is 26.3 Å². The summed E-state index contributed by atoms with van der Waals surface area (Å²) in [5, 5.41) is 2.60. The van der Waals surface area contributed by atoms with Gasteiger partial charge in [-0.3, -0.25) is 9.59 Å². The van der Waals surface area contributed by atoms with Crippen LogP contribution in [-0.2, 0) is 9.59 Å². The molecular weight excluding hydrogens is 542 g/mol. The Balaban J connectivity index is 2.23. The zero-order valence-corrected chi connectivity index (χ0v) is 16.9. The second-order valence-electron chi connectivity index (χ2n) is 5.35. The Bertz CT molecular complexity index is 837. The molecule has 2 aromatic heterocycles. The Hall–Kier alpha value is -2.22. The lowest BCUT2D eigenvalue weighted by Gasteiger charge is -2.30. The van der Waals surface area contributed by atoms with Gasteiger partial charge >= 0.3 is 29.6 Å². The predicted molar refractivity (Wildman–Crippen MR) is 96.0 cm³/mol. The lowest BCUT2D eigenvalue weighted by molar-refractivity contribution is -0.283. The van der Waals surface area contributed by atoms with Gasteiger partial charge in [0.1, 0.15) is 11.6 Å². The van der Waals surface area contributed by atoms with E-state index in [1.807, 2.05) is 0 Å². The third-order valence-corrected chi connectivity index (χ3v) is 4.24. The highest BCUT2D eigenvalue weighted by Crippen LogP contribution is 2.46. The van der Waals surface area contributed by atoms with Crippen molar-refractivity contribution in [2.75, 3.05) is 10.6 Å². The molecule has 0 unspecified atom stereocenters. The summed E-state index contributed by atoms with van der Waals surface area (Å²) in [4.78, 5) is 30.0. The number of alkyl halides is 6. The lowest BCUT2D eigenvalue weighted by atomic mass is 10.0. The minimum Gasteiger partial charge on any atom is -0.305 e. The molecule has 0 aliphatic carbocycles. The van der Waals surface area contributed by atoms with Crippen LogP contribution in [0.3, 0.4) is 0 Å². The van der Waals surface area contributed by atoms with Gasteiger partial charge in [0.15, 0.2) is 0 Å². The standard InChI is InChI=1S/C15H8Br2F6N4O2/c16-7-1-3-9(24-5-7)26-11(28)13(18,19)15(22,23)14(20,21)12(29)27-10-4-2-8(17)6-25-10/h1-6H,(H,24,26,28)(H,25,27,29). The van der Waals surface area contributed by atoms with E-state index in [1.165, 1.54) is 22.8 Å². The van der Waals surface area contributed by atoms with E-state index in [2.05, 4.69) is 41.8 Å². The summed E-state index contributed by atoms with van der Waals surface area (Å²) < 4.78 is 84.3. The molecule has 2 amide bonds. The van der Waals surface area contributed by atoms with E-state index >= 15 is 0 Å². The van der Waals surface area contributed by atoms with Crippen molar-refractivity contribution >= 4 is 55.3 Å². The monoisotopic (exact) mass is 548 g/mol. The molecule has 0 aromatic carbocycles. The lowest BCUT2D eigenvalue weighted by Crippen LogP contribution is -2.63. The van der Waals surface area contributed by atoms with Crippen molar-refractivity contribution in [3.63, 3.8) is 0 Å². The highest BCUT2D eigenvalue weighted by Gasteiger charge is 2.78. The molecule has 0 aliphatic rings. The molecule has 0 radical (unpaired) electrons. The topological polar surface area (TPSA) is 84.0 Å². The number of nitrogens with one attached hydrogen (secondary N) is 2. The van der Waals surface area contributed by atoms with Crippen LogP contribution in [-0.4, -0.2) is 39.5 Å². The molecule has 0 spiro atoms. The molecule has 0 fully saturated rings. The van der Waals surface area contributed by atoms with Gasteiger partial charge in [-0.15, -0.1) is 0 Å². The minimum atomic E-state index is -6.38. The quantitative estimate of drug-likeness (QED) is 0.520. The van der Waals surface area contributed by atoms with E-state index in [0.29, 0.717) is 8.95 Å². The summed E-state index contributed by atoms with van der Waals surface area (Å²) in [6.07, 6.45) is 2.08. The largest absolute Gasteiger partial charge is 0.393 e. The number of hydrogen-bond acceptors (Lipinski definition) is 4. The van der Waals surface area contributed by atoms with E-state index in [4.69, 9.17) is 0 Å². The molecule has 6 nitrogen and oxygen atoms in total. The Morgan fingerprint density at radius 2 is 1.07 bits per heavy atom. The molecule has 29 heavy (non-hydrogen) atoms. The van der Waals surface area contributed by atoms with Crippen molar-refractivity contribution in [2.45, 2.75) is 17.8 Å². The number of nitrogens with zero attached hydrogens (tertiary/aromatic N) is 2. The average molecular weight is 550 g/mol. The van der Waals surface area contributed by atoms with E-state index in [-0.39, 0.29) is 0 Å². The predicted octanol–water partition coefficient (Wildman–Crippen LogP) is 4.48. The zero-order valence-electron chi connectivity index (χ0n) is 13.7. The number of pyridine rings is 2. The van der Waals surface area contributed by atoms with Crippen molar-refractivity contribution in [1.82, 2.24) is 9.97 Å². The fourth-order valence-corrected chi connectivity index (χ4v) is 2.24. The van der Waals surface area contributed by atoms with Gasteiger partial charge in [0, 0.05) is 21.3 Å². The van der Waals surface area contributed by atoms with Gasteiger partial charge in [-0.25, -0.2) is 9.97 Å². The van der Waals surface area contributed by atoms with Crippen LogP contribution in [0.5, 0.6) is 0 Å². The maximum absolute atomic E-state index is 13.9. The maximum atomic E-state index is 13.9. The van der Waals surface area contributed by atoms with Crippen molar-refractivity contribution < 1.29 is 35.9 Å². The number of aromatic nitrogens is 2. The minimum absolute atomic E-state index is 0.373. The van der Waals surface area contributed by atoms with Crippen LogP contribution in [0.2, 0.25) is 0 Å². The number of halogens is 8. The molecule has 2 rings (SSSR count). The molecule has 0 atom stereocenters. The van der Waals surface area contributed by atoms with Crippen LogP contribution in [0.15, 0.2) is 45.6 Å². The second-order valence-corrected chi connectivity index (χ2v) is 7.19. The normalized spacial score (nSPS) is 12.4. The summed E-state index contributed by atoms with van der Waals surface area (Å²) in [6, 6.07) is 4.37. The van der Waals surface area contributed by atoms with Crippen molar-refractivity contribution in [3.8, 4) is 0 Å². The second kappa shape index (κ2) is 8.26. The SMILES string of the molecule is O=C(Nc1ccc(Br)cn1)C(F)(F)C(F)(F)C(F)(F)C(=O)Nc1ccc(Br)cn1. The van der Waals surface area contributed by atoms with Crippen molar-refractivity contribution in [2.24, 2.45) is 0 Å². The molecule has 14 heteroatoms. The number of carbonyl (C=O) groups excluding carboxylic acids is 2. The summed E-state index contributed by atoms with van der Waals surface area (Å²) in [6.45, 7) is 0. The fourth-order valence-electron chi connectivity index (χ4n) is 1.77. The van der Waals surface area contributed by atoms with E-state index in [1.54, 1.807) is 0 Å². The van der Waals surface area contributed by atoms with Crippen LogP contribution in [0, 0.1) is 0 Å². The first-order valence-corrected chi connectivity index (χ1v) is 8.87. The molecule has 0 aliphatic heterocycles. The van der Waals surface area contributed by atoms with Crippen LogP contribution >= 0.6 is 31.9 Å². The van der Waals surface area contributed by atoms with Crippen LogP contribution in [0.1, 0.15) is 0 Å². The van der Waals surface area contributed by atoms with Gasteiger partial charge < -0.3 is 10.6 Å². The van der Waals surface area contributed by atoms with Gasteiger partial charge in [-0.05, 0) is 56.1 Å². The Kier molecular flexibility index (Phi) is 6.57. The summed E-state index contributed by atoms with van der Waals surface area (Å²) >= 11 is 5.92. The maximum Gasteiger partial charge on any atom is 0.393 e. The third-order valence-electron chi connectivity index (χ3n) is 3.30. The molecule has 2 aromatic rings. The van der Waals surface area contributed by atoms with E-state index in [9.17, 15) is 35.9 Å². The first kappa shape index (κ1) is 23.1. The molecule has 2 heterocycles. The first-order valence-electron chi connectivity index (χ1n) is 7.28. The molecule has 156 valence electrons. The van der Waals surface area contributed by atoms with E-state index in [0.717, 1.165) is 24.5 Å². The van der Waals surface area contributed by atoms with Crippen LogP contribution < -0.4 is 10.6 Å². The van der Waals surface area contributed by atoms with Crippen LogP contribution in [0.4, 0.5) is 38.0 Å². The molecule has 2 N–H and O–H groups in total. The Morgan fingerprint density at radius 3 is 1.34 bits per heavy atom. The Labute approximate surface area is 175 Å². The summed E-state index contributed by atoms with van der Waals surface area (Å²) in [7, 11) is 0. The highest BCUT2D eigenvalue weighted by atomic mass is 79.9. The van der Waals surface area contributed by atoms with Crippen molar-refractivity contribution in [1.29, 1.82) is 0 Å². The molecule has 0 saturated heterocycles. The van der Waals surface area contributed by atoms with E-state index < -0.39 is 41.2 Å². The number of amides is 2. The van der Waals surface area contributed by atoms with Crippen LogP contribution in [0.25, 0.3) is 0 Å². The number of rotatable bonds is 6. The number of carbonyl (C=O) groups is 2. The summed E-state index contributed by atoms with van der Waals surface area (Å²) in [5.74, 6) is -25.0. The van der Waals surface area contributed by atoms with Crippen molar-refractivity contribution in [3.05, 3.63) is 45.6 Å². The average Bonchev–Trinajstić information content (AvgIpc) is 2.65. The number of hydrogen-bond donors (Lipinski definition) is 2. The Morgan fingerprint density at radius 1 is 0.724 bits per heavy atom. The van der Waals surface area contributed by atoms with Gasteiger partial charge in [0.2, 0.25) is 0 Å². The smallest absolute Gasteiger partial charge is 0.305 e. The molecule has 0 bridgehead atoms. The summed E-state index contributed by atoms with van der Waals surface area (Å²) in [5.41, 5.74) is 0. The zero-order chi connectivity index (χ0) is 22.0. The molecule has 0 saturated carbocycles. The fraction of sp³-hybridized carbons (Fsp3) is 0.200. The highest BCUT2D eigenvalue weighted by molar-refractivity contribution is 9.10.